The Kier molecular flexibility index (Phi) is 4.57. The molecule has 1 aromatic carbocycles. The standard InChI is InChI=1S/C15H16ClFN2O/c1-10(11-4-3-5-13(16)6-11)19(2)15-12(9-20)7-14(17)8-18-15/h3-8,10,20H,9H2,1-2H3. The van der Waals surface area contributed by atoms with Crippen LogP contribution in [0.15, 0.2) is 36.5 Å². The Balaban J connectivity index is 2.33. The Labute approximate surface area is 122 Å². The number of halogens is 2. The van der Waals surface area contributed by atoms with Gasteiger partial charge in [0.2, 0.25) is 0 Å². The van der Waals surface area contributed by atoms with Crippen molar-refractivity contribution >= 4 is 17.4 Å². The maximum absolute atomic E-state index is 13.2. The zero-order valence-corrected chi connectivity index (χ0v) is 12.1. The second-order valence-electron chi connectivity index (χ2n) is 4.64. The minimum Gasteiger partial charge on any atom is -0.392 e. The van der Waals surface area contributed by atoms with Gasteiger partial charge in [0, 0.05) is 17.6 Å². The summed E-state index contributed by atoms with van der Waals surface area (Å²) in [4.78, 5) is 5.96. The van der Waals surface area contributed by atoms with Gasteiger partial charge in [-0.3, -0.25) is 0 Å². The molecule has 1 N–H and O–H groups in total. The van der Waals surface area contributed by atoms with Crippen molar-refractivity contribution in [1.29, 1.82) is 0 Å². The third-order valence-electron chi connectivity index (χ3n) is 3.33. The van der Waals surface area contributed by atoms with Gasteiger partial charge in [-0.25, -0.2) is 9.37 Å². The molecule has 0 amide bonds. The molecule has 0 radical (unpaired) electrons. The van der Waals surface area contributed by atoms with E-state index in [1.165, 1.54) is 6.07 Å². The van der Waals surface area contributed by atoms with Crippen molar-refractivity contribution in [3.63, 3.8) is 0 Å². The molecule has 1 unspecified atom stereocenters. The first-order chi connectivity index (χ1) is 9.52. The van der Waals surface area contributed by atoms with Gasteiger partial charge < -0.3 is 10.0 Å². The van der Waals surface area contributed by atoms with Crippen molar-refractivity contribution < 1.29 is 9.50 Å². The van der Waals surface area contributed by atoms with E-state index in [4.69, 9.17) is 11.6 Å². The molecular formula is C15H16ClFN2O. The molecule has 0 fully saturated rings. The van der Waals surface area contributed by atoms with Crippen LogP contribution in [0.1, 0.15) is 24.1 Å². The van der Waals surface area contributed by atoms with Gasteiger partial charge in [-0.15, -0.1) is 0 Å². The van der Waals surface area contributed by atoms with E-state index in [1.807, 2.05) is 43.1 Å². The average Bonchev–Trinajstić information content (AvgIpc) is 2.45. The Bertz CT molecular complexity index is 606. The number of nitrogens with zero attached hydrogens (tertiary/aromatic N) is 2. The highest BCUT2D eigenvalue weighted by molar-refractivity contribution is 6.30. The first-order valence-electron chi connectivity index (χ1n) is 6.26. The van der Waals surface area contributed by atoms with Crippen LogP contribution in [0, 0.1) is 5.82 Å². The summed E-state index contributed by atoms with van der Waals surface area (Å²) >= 11 is 6.00. The van der Waals surface area contributed by atoms with E-state index in [2.05, 4.69) is 4.98 Å². The van der Waals surface area contributed by atoms with Crippen LogP contribution in [0.3, 0.4) is 0 Å². The lowest BCUT2D eigenvalue weighted by Crippen LogP contribution is -2.24. The van der Waals surface area contributed by atoms with Crippen molar-refractivity contribution in [3.8, 4) is 0 Å². The molecule has 106 valence electrons. The number of benzene rings is 1. The fourth-order valence-corrected chi connectivity index (χ4v) is 2.28. The van der Waals surface area contributed by atoms with E-state index in [9.17, 15) is 9.50 Å². The van der Waals surface area contributed by atoms with Crippen molar-refractivity contribution in [2.45, 2.75) is 19.6 Å². The molecule has 0 saturated heterocycles. The van der Waals surface area contributed by atoms with Crippen LogP contribution in [0.5, 0.6) is 0 Å². The van der Waals surface area contributed by atoms with Crippen LogP contribution in [-0.2, 0) is 6.61 Å². The number of hydrogen-bond donors (Lipinski definition) is 1. The van der Waals surface area contributed by atoms with Crippen molar-refractivity contribution in [3.05, 3.63) is 58.5 Å². The summed E-state index contributed by atoms with van der Waals surface area (Å²) < 4.78 is 13.2. The van der Waals surface area contributed by atoms with E-state index in [1.54, 1.807) is 0 Å². The molecule has 20 heavy (non-hydrogen) atoms. The third-order valence-corrected chi connectivity index (χ3v) is 3.56. The Hall–Kier alpha value is -1.65. The molecule has 2 aromatic rings. The zero-order valence-electron chi connectivity index (χ0n) is 11.3. The van der Waals surface area contributed by atoms with Gasteiger partial charge in [-0.05, 0) is 30.7 Å². The summed E-state index contributed by atoms with van der Waals surface area (Å²) in [6.07, 6.45) is 1.15. The van der Waals surface area contributed by atoms with E-state index < -0.39 is 5.82 Å². The third kappa shape index (κ3) is 3.08. The summed E-state index contributed by atoms with van der Waals surface area (Å²) in [6.45, 7) is 1.74. The largest absolute Gasteiger partial charge is 0.392 e. The lowest BCUT2D eigenvalue weighted by molar-refractivity contribution is 0.281. The maximum atomic E-state index is 13.2. The minimum absolute atomic E-state index is 0.00281. The lowest BCUT2D eigenvalue weighted by Gasteiger charge is -2.28. The predicted octanol–water partition coefficient (Wildman–Crippen LogP) is 3.56. The molecule has 0 bridgehead atoms. The van der Waals surface area contributed by atoms with Crippen molar-refractivity contribution in [2.75, 3.05) is 11.9 Å². The summed E-state index contributed by atoms with van der Waals surface area (Å²) in [5.41, 5.74) is 1.48. The van der Waals surface area contributed by atoms with E-state index >= 15 is 0 Å². The van der Waals surface area contributed by atoms with Crippen LogP contribution >= 0.6 is 11.6 Å². The highest BCUT2D eigenvalue weighted by Crippen LogP contribution is 2.28. The molecule has 1 aromatic heterocycles. The number of rotatable bonds is 4. The molecule has 1 atom stereocenters. The Morgan fingerprint density at radius 2 is 2.15 bits per heavy atom. The highest BCUT2D eigenvalue weighted by atomic mass is 35.5. The smallest absolute Gasteiger partial charge is 0.142 e. The van der Waals surface area contributed by atoms with E-state index in [0.717, 1.165) is 11.8 Å². The fraction of sp³-hybridized carbons (Fsp3) is 0.267. The van der Waals surface area contributed by atoms with Crippen LogP contribution in [-0.4, -0.2) is 17.1 Å². The monoisotopic (exact) mass is 294 g/mol. The predicted molar refractivity (Wildman–Crippen MR) is 78.4 cm³/mol. The molecule has 3 nitrogen and oxygen atoms in total. The number of aliphatic hydroxyl groups is 1. The maximum Gasteiger partial charge on any atom is 0.142 e. The van der Waals surface area contributed by atoms with Crippen LogP contribution < -0.4 is 4.90 Å². The van der Waals surface area contributed by atoms with Gasteiger partial charge in [0.05, 0.1) is 18.8 Å². The fourth-order valence-electron chi connectivity index (χ4n) is 2.08. The first kappa shape index (κ1) is 14.8. The number of pyridine rings is 1. The molecule has 0 aliphatic carbocycles. The molecule has 1 heterocycles. The van der Waals surface area contributed by atoms with Gasteiger partial charge in [0.15, 0.2) is 0 Å². The van der Waals surface area contributed by atoms with E-state index in [0.29, 0.717) is 16.4 Å². The lowest BCUT2D eigenvalue weighted by atomic mass is 10.1. The minimum atomic E-state index is -0.457. The number of aliphatic hydroxyl groups excluding tert-OH is 1. The zero-order chi connectivity index (χ0) is 14.7. The van der Waals surface area contributed by atoms with Crippen LogP contribution in [0.2, 0.25) is 5.02 Å². The van der Waals surface area contributed by atoms with Gasteiger partial charge in [-0.1, -0.05) is 23.7 Å². The summed E-state index contributed by atoms with van der Waals surface area (Å²) in [5.74, 6) is 0.1000. The SMILES string of the molecule is CC(c1cccc(Cl)c1)N(C)c1ncc(F)cc1CO. The molecule has 2 rings (SSSR count). The molecule has 5 heteroatoms. The first-order valence-corrected chi connectivity index (χ1v) is 6.64. The Morgan fingerprint density at radius 3 is 2.80 bits per heavy atom. The van der Waals surface area contributed by atoms with Gasteiger partial charge in [-0.2, -0.15) is 0 Å². The van der Waals surface area contributed by atoms with Gasteiger partial charge >= 0.3 is 0 Å². The van der Waals surface area contributed by atoms with Gasteiger partial charge in [0.25, 0.3) is 0 Å². The summed E-state index contributed by atoms with van der Waals surface area (Å²) in [5, 5.41) is 10.00. The number of anilines is 1. The Morgan fingerprint density at radius 1 is 1.40 bits per heavy atom. The van der Waals surface area contributed by atoms with Crippen molar-refractivity contribution in [2.24, 2.45) is 0 Å². The highest BCUT2D eigenvalue weighted by Gasteiger charge is 2.17. The second kappa shape index (κ2) is 6.20. The van der Waals surface area contributed by atoms with Crippen molar-refractivity contribution in [1.82, 2.24) is 4.98 Å². The van der Waals surface area contributed by atoms with Crippen LogP contribution in [0.25, 0.3) is 0 Å². The number of hydrogen-bond acceptors (Lipinski definition) is 3. The van der Waals surface area contributed by atoms with Crippen LogP contribution in [0.4, 0.5) is 10.2 Å². The van der Waals surface area contributed by atoms with Gasteiger partial charge in [0.1, 0.15) is 11.6 Å². The average molecular weight is 295 g/mol. The quantitative estimate of drug-likeness (QED) is 0.936. The summed E-state index contributed by atoms with van der Waals surface area (Å²) in [7, 11) is 1.85. The number of aromatic nitrogens is 1. The second-order valence-corrected chi connectivity index (χ2v) is 5.07. The topological polar surface area (TPSA) is 36.4 Å². The molecule has 0 aliphatic rings. The normalized spacial score (nSPS) is 12.2. The van der Waals surface area contributed by atoms with E-state index in [-0.39, 0.29) is 12.6 Å². The summed E-state index contributed by atoms with van der Waals surface area (Å²) in [6, 6.07) is 8.83. The molecular weight excluding hydrogens is 279 g/mol. The molecule has 0 saturated carbocycles. The molecule has 0 spiro atoms. The molecule has 0 aliphatic heterocycles.